The van der Waals surface area contributed by atoms with Crippen LogP contribution in [-0.2, 0) is 14.6 Å². The summed E-state index contributed by atoms with van der Waals surface area (Å²) in [7, 11) is -3.10. The smallest absolute Gasteiger partial charge is 0.239 e. The summed E-state index contributed by atoms with van der Waals surface area (Å²) in [6.45, 7) is 4.76. The molecule has 5 nitrogen and oxygen atoms in total. The Balaban J connectivity index is 0.00000288. The van der Waals surface area contributed by atoms with E-state index in [0.717, 1.165) is 12.7 Å². The van der Waals surface area contributed by atoms with Gasteiger partial charge in [-0.05, 0) is 37.8 Å². The highest BCUT2D eigenvalue weighted by atomic mass is 35.5. The first-order valence-corrected chi connectivity index (χ1v) is 10.0. The summed E-state index contributed by atoms with van der Waals surface area (Å²) >= 11 is 0. The van der Waals surface area contributed by atoms with Gasteiger partial charge >= 0.3 is 0 Å². The summed E-state index contributed by atoms with van der Waals surface area (Å²) in [5.74, 6) is 0.123. The van der Waals surface area contributed by atoms with Crippen LogP contribution in [-0.4, -0.2) is 49.9 Å². The van der Waals surface area contributed by atoms with E-state index in [-0.39, 0.29) is 36.5 Å². The molecule has 3 atom stereocenters. The van der Waals surface area contributed by atoms with Gasteiger partial charge in [-0.15, -0.1) is 12.4 Å². The Morgan fingerprint density at radius 3 is 2.58 bits per heavy atom. The van der Waals surface area contributed by atoms with Crippen molar-refractivity contribution >= 4 is 28.2 Å². The molecule has 1 aromatic rings. The van der Waals surface area contributed by atoms with Gasteiger partial charge in [0.15, 0.2) is 0 Å². The number of likely N-dealkylation sites (tertiary alicyclic amines) is 1. The molecule has 0 bridgehead atoms. The molecule has 1 amide bonds. The van der Waals surface area contributed by atoms with Crippen LogP contribution < -0.4 is 5.73 Å². The molecule has 1 aliphatic rings. The zero-order valence-corrected chi connectivity index (χ0v) is 16.1. The standard InChI is InChI=1S/C17H26N2O3S.ClH/c1-12-6-4-5-7-15(12)14-10-13(2)19(11-14)17(20)16(18)8-9-23(3,21)22;/h4-7,13-14,16H,8-11,18H2,1-3H3;1H. The van der Waals surface area contributed by atoms with Crippen molar-refractivity contribution in [1.82, 2.24) is 4.90 Å². The van der Waals surface area contributed by atoms with Crippen molar-refractivity contribution in [2.45, 2.75) is 44.7 Å². The fraction of sp³-hybridized carbons (Fsp3) is 0.588. The Kier molecular flexibility index (Phi) is 7.25. The van der Waals surface area contributed by atoms with Crippen LogP contribution in [0, 0.1) is 6.92 Å². The molecule has 1 aliphatic heterocycles. The number of nitrogens with zero attached hydrogens (tertiary/aromatic N) is 1. The number of aryl methyl sites for hydroxylation is 1. The Morgan fingerprint density at radius 2 is 2.00 bits per heavy atom. The van der Waals surface area contributed by atoms with Crippen LogP contribution >= 0.6 is 12.4 Å². The Hall–Kier alpha value is -1.11. The van der Waals surface area contributed by atoms with E-state index in [4.69, 9.17) is 5.73 Å². The second kappa shape index (κ2) is 8.32. The fourth-order valence-corrected chi connectivity index (χ4v) is 3.97. The highest BCUT2D eigenvalue weighted by Crippen LogP contribution is 2.33. The summed E-state index contributed by atoms with van der Waals surface area (Å²) in [4.78, 5) is 14.4. The summed E-state index contributed by atoms with van der Waals surface area (Å²) in [5, 5.41) is 0. The number of nitrogens with two attached hydrogens (primary N) is 1. The Morgan fingerprint density at radius 1 is 1.38 bits per heavy atom. The zero-order chi connectivity index (χ0) is 17.2. The van der Waals surface area contributed by atoms with E-state index >= 15 is 0 Å². The molecule has 0 saturated carbocycles. The summed E-state index contributed by atoms with van der Waals surface area (Å²) in [5.41, 5.74) is 8.44. The molecule has 1 aromatic carbocycles. The maximum atomic E-state index is 12.5. The van der Waals surface area contributed by atoms with Gasteiger partial charge in [-0.2, -0.15) is 0 Å². The van der Waals surface area contributed by atoms with Crippen LogP contribution in [0.15, 0.2) is 24.3 Å². The van der Waals surface area contributed by atoms with Crippen LogP contribution in [0.25, 0.3) is 0 Å². The maximum Gasteiger partial charge on any atom is 0.239 e. The lowest BCUT2D eigenvalue weighted by atomic mass is 9.93. The first-order chi connectivity index (χ1) is 10.7. The average molecular weight is 375 g/mol. The minimum absolute atomic E-state index is 0. The normalized spacial score (nSPS) is 22.1. The third-order valence-electron chi connectivity index (χ3n) is 4.60. The van der Waals surface area contributed by atoms with Gasteiger partial charge in [0.05, 0.1) is 11.8 Å². The highest BCUT2D eigenvalue weighted by molar-refractivity contribution is 7.90. The Bertz CT molecular complexity index is 678. The number of carbonyl (C=O) groups is 1. The lowest BCUT2D eigenvalue weighted by Gasteiger charge is -2.25. The van der Waals surface area contributed by atoms with Gasteiger partial charge in [0.1, 0.15) is 9.84 Å². The van der Waals surface area contributed by atoms with E-state index in [1.54, 1.807) is 0 Å². The SMILES string of the molecule is Cc1ccccc1C1CC(C)N(C(=O)C(N)CCS(C)(=O)=O)C1.Cl. The van der Waals surface area contributed by atoms with E-state index in [1.807, 2.05) is 24.0 Å². The van der Waals surface area contributed by atoms with Crippen molar-refractivity contribution in [3.63, 3.8) is 0 Å². The Labute approximate surface area is 150 Å². The molecule has 3 unspecified atom stereocenters. The van der Waals surface area contributed by atoms with Crippen LogP contribution in [0.2, 0.25) is 0 Å². The molecular formula is C17H27ClN2O3S. The molecule has 1 fully saturated rings. The topological polar surface area (TPSA) is 80.5 Å². The van der Waals surface area contributed by atoms with Gasteiger partial charge in [0, 0.05) is 24.8 Å². The molecule has 24 heavy (non-hydrogen) atoms. The van der Waals surface area contributed by atoms with E-state index in [9.17, 15) is 13.2 Å². The molecule has 0 aliphatic carbocycles. The number of sulfone groups is 1. The minimum atomic E-state index is -3.10. The van der Waals surface area contributed by atoms with Gasteiger partial charge < -0.3 is 10.6 Å². The summed E-state index contributed by atoms with van der Waals surface area (Å²) in [6, 6.07) is 7.61. The van der Waals surface area contributed by atoms with Gasteiger partial charge in [0.2, 0.25) is 5.91 Å². The number of benzene rings is 1. The maximum absolute atomic E-state index is 12.5. The third kappa shape index (κ3) is 5.19. The van der Waals surface area contributed by atoms with E-state index < -0.39 is 15.9 Å². The summed E-state index contributed by atoms with van der Waals surface area (Å²) in [6.07, 6.45) is 2.25. The lowest BCUT2D eigenvalue weighted by molar-refractivity contribution is -0.133. The predicted molar refractivity (Wildman–Crippen MR) is 99.3 cm³/mol. The lowest BCUT2D eigenvalue weighted by Crippen LogP contribution is -2.46. The second-order valence-corrected chi connectivity index (χ2v) is 8.91. The van der Waals surface area contributed by atoms with Crippen molar-refractivity contribution in [1.29, 1.82) is 0 Å². The number of amides is 1. The van der Waals surface area contributed by atoms with Gasteiger partial charge in [-0.25, -0.2) is 8.42 Å². The molecule has 2 rings (SSSR count). The summed E-state index contributed by atoms with van der Waals surface area (Å²) < 4.78 is 22.5. The minimum Gasteiger partial charge on any atom is -0.338 e. The zero-order valence-electron chi connectivity index (χ0n) is 14.4. The van der Waals surface area contributed by atoms with Gasteiger partial charge in [0.25, 0.3) is 0 Å². The van der Waals surface area contributed by atoms with E-state index in [1.165, 1.54) is 11.1 Å². The second-order valence-electron chi connectivity index (χ2n) is 6.65. The van der Waals surface area contributed by atoms with Gasteiger partial charge in [-0.3, -0.25) is 4.79 Å². The predicted octanol–water partition coefficient (Wildman–Crippen LogP) is 1.88. The van der Waals surface area contributed by atoms with Crippen molar-refractivity contribution in [3.8, 4) is 0 Å². The van der Waals surface area contributed by atoms with Crippen molar-refractivity contribution in [3.05, 3.63) is 35.4 Å². The number of carbonyl (C=O) groups excluding carboxylic acids is 1. The molecular weight excluding hydrogens is 348 g/mol. The van der Waals surface area contributed by atoms with E-state index in [0.29, 0.717) is 12.5 Å². The molecule has 1 saturated heterocycles. The van der Waals surface area contributed by atoms with Gasteiger partial charge in [-0.1, -0.05) is 24.3 Å². The van der Waals surface area contributed by atoms with Crippen LogP contribution in [0.4, 0.5) is 0 Å². The van der Waals surface area contributed by atoms with Crippen molar-refractivity contribution in [2.75, 3.05) is 18.6 Å². The molecule has 2 N–H and O–H groups in total. The quantitative estimate of drug-likeness (QED) is 0.853. The molecule has 0 radical (unpaired) electrons. The number of hydrogen-bond donors (Lipinski definition) is 1. The fourth-order valence-electron chi connectivity index (χ4n) is 3.29. The largest absolute Gasteiger partial charge is 0.338 e. The van der Waals surface area contributed by atoms with E-state index in [2.05, 4.69) is 19.1 Å². The number of rotatable bonds is 5. The number of hydrogen-bond acceptors (Lipinski definition) is 4. The van der Waals surface area contributed by atoms with Crippen molar-refractivity contribution in [2.24, 2.45) is 5.73 Å². The molecule has 0 aromatic heterocycles. The molecule has 1 heterocycles. The number of halogens is 1. The molecule has 136 valence electrons. The van der Waals surface area contributed by atoms with Crippen molar-refractivity contribution < 1.29 is 13.2 Å². The van der Waals surface area contributed by atoms with Crippen LogP contribution in [0.1, 0.15) is 36.8 Å². The van der Waals surface area contributed by atoms with Crippen LogP contribution in [0.3, 0.4) is 0 Å². The average Bonchev–Trinajstić information content (AvgIpc) is 2.85. The molecule has 0 spiro atoms. The third-order valence-corrected chi connectivity index (χ3v) is 5.58. The first-order valence-electron chi connectivity index (χ1n) is 7.98. The van der Waals surface area contributed by atoms with Crippen LogP contribution in [0.5, 0.6) is 0 Å². The highest BCUT2D eigenvalue weighted by Gasteiger charge is 2.35. The monoisotopic (exact) mass is 374 g/mol. The molecule has 7 heteroatoms. The first kappa shape index (κ1) is 20.9.